The Morgan fingerprint density at radius 1 is 1.27 bits per heavy atom. The first-order chi connectivity index (χ1) is 15.1. The molecule has 3 rings (SSSR count). The first kappa shape index (κ1) is 27.4. The molecule has 1 aliphatic rings. The van der Waals surface area contributed by atoms with Crippen molar-refractivity contribution in [3.05, 3.63) is 45.1 Å². The zero-order chi connectivity index (χ0) is 23.5. The second-order valence-corrected chi connectivity index (χ2v) is 10.5. The third-order valence-corrected chi connectivity index (χ3v) is 7.75. The van der Waals surface area contributed by atoms with Gasteiger partial charge in [0.15, 0.2) is 0 Å². The number of nitrogens with one attached hydrogen (secondary N) is 2. The summed E-state index contributed by atoms with van der Waals surface area (Å²) in [7, 11) is -4.30. The molecule has 2 heterocycles. The van der Waals surface area contributed by atoms with Crippen molar-refractivity contribution in [2.24, 2.45) is 0 Å². The van der Waals surface area contributed by atoms with E-state index in [1.807, 2.05) is 0 Å². The maximum Gasteiger partial charge on any atom is 1.00 e. The summed E-state index contributed by atoms with van der Waals surface area (Å²) in [4.78, 5) is 37.6. The van der Waals surface area contributed by atoms with Gasteiger partial charge in [-0.1, -0.05) is 24.6 Å². The molecule has 2 N–H and O–H groups in total. The van der Waals surface area contributed by atoms with Crippen LogP contribution in [0.3, 0.4) is 0 Å². The van der Waals surface area contributed by atoms with Crippen molar-refractivity contribution < 1.29 is 46.8 Å². The van der Waals surface area contributed by atoms with Crippen LogP contribution < -0.4 is 38.9 Å². The Morgan fingerprint density at radius 2 is 2.00 bits per heavy atom. The van der Waals surface area contributed by atoms with Crippen molar-refractivity contribution in [2.75, 3.05) is 18.0 Å². The number of carbonyl (C=O) groups excluding carboxylic acids is 3. The summed E-state index contributed by atoms with van der Waals surface area (Å²) in [6, 6.07) is 5.81. The summed E-state index contributed by atoms with van der Waals surface area (Å²) in [6.07, 6.45) is 1.38. The average molecular weight is 506 g/mol. The number of carboxylic acid groups (broad SMARTS) is 1. The number of nitrogens with zero attached hydrogens (tertiary/aromatic N) is 1. The minimum absolute atomic E-state index is 0. The van der Waals surface area contributed by atoms with E-state index in [-0.39, 0.29) is 34.5 Å². The van der Waals surface area contributed by atoms with Gasteiger partial charge in [0.2, 0.25) is 15.9 Å². The van der Waals surface area contributed by atoms with Crippen LogP contribution in [0.15, 0.2) is 35.2 Å². The van der Waals surface area contributed by atoms with E-state index in [1.165, 1.54) is 24.3 Å². The van der Waals surface area contributed by atoms with Crippen LogP contribution in [0.2, 0.25) is 4.34 Å². The minimum atomic E-state index is -4.30. The number of thiophene rings is 1. The molecule has 1 saturated heterocycles. The molecule has 13 heteroatoms. The van der Waals surface area contributed by atoms with Crippen LogP contribution >= 0.6 is 22.9 Å². The van der Waals surface area contributed by atoms with Crippen LogP contribution in [0, 0.1) is 0 Å². The second kappa shape index (κ2) is 11.5. The van der Waals surface area contributed by atoms with Crippen LogP contribution in [-0.4, -0.2) is 45.3 Å². The molecule has 172 valence electrons. The van der Waals surface area contributed by atoms with Crippen molar-refractivity contribution in [3.63, 3.8) is 0 Å². The third-order valence-electron chi connectivity index (χ3n) is 4.96. The number of benzene rings is 1. The van der Waals surface area contributed by atoms with Crippen molar-refractivity contribution in [2.45, 2.75) is 37.1 Å². The Labute approximate surface area is 212 Å². The molecule has 1 aliphatic heterocycles. The number of anilines is 1. The van der Waals surface area contributed by atoms with E-state index >= 15 is 0 Å². The van der Waals surface area contributed by atoms with Gasteiger partial charge in [0.25, 0.3) is 5.91 Å². The molecular weight excluding hydrogens is 485 g/mol. The van der Waals surface area contributed by atoms with Gasteiger partial charge in [-0.05, 0) is 42.7 Å². The molecule has 1 aromatic heterocycles. The molecule has 0 bridgehead atoms. The van der Waals surface area contributed by atoms with E-state index in [9.17, 15) is 27.9 Å². The van der Waals surface area contributed by atoms with Crippen LogP contribution in [-0.2, 0) is 26.0 Å². The van der Waals surface area contributed by atoms with Gasteiger partial charge in [-0.25, -0.2) is 13.1 Å². The number of sulfonamides is 1. The maximum absolute atomic E-state index is 13.1. The fourth-order valence-electron chi connectivity index (χ4n) is 3.46. The van der Waals surface area contributed by atoms with E-state index in [2.05, 4.69) is 10.0 Å². The van der Waals surface area contributed by atoms with Crippen molar-refractivity contribution in [1.82, 2.24) is 10.0 Å². The van der Waals surface area contributed by atoms with Gasteiger partial charge >= 0.3 is 18.9 Å². The standard InChI is InChI=1S/C20H22ClN3O6S2.Li/c1-2-12-14(24-10-4-7-18(24)25)5-3-6-16(12)32(29,30)23-13(20(27)28)11-22-19(26)15-8-9-17(21)31-15;/h3,5-6,8-9,13,23H,2,4,7,10-11H2,1H3,(H,22,26)(H,27,28);/q;+1/p-1/t13-;/m0./s1. The number of hydrogen-bond donors (Lipinski definition) is 2. The fourth-order valence-corrected chi connectivity index (χ4v) is 5.93. The Hall–Kier alpha value is -1.87. The summed E-state index contributed by atoms with van der Waals surface area (Å²) in [6.45, 7) is 1.71. The van der Waals surface area contributed by atoms with Gasteiger partial charge in [-0.3, -0.25) is 9.59 Å². The fraction of sp³-hybridized carbons (Fsp3) is 0.350. The van der Waals surface area contributed by atoms with Gasteiger partial charge in [-0.2, -0.15) is 0 Å². The van der Waals surface area contributed by atoms with Crippen molar-refractivity contribution in [1.29, 1.82) is 0 Å². The predicted molar refractivity (Wildman–Crippen MR) is 118 cm³/mol. The van der Waals surface area contributed by atoms with Gasteiger partial charge < -0.3 is 20.1 Å². The van der Waals surface area contributed by atoms with Gasteiger partial charge in [0.1, 0.15) is 0 Å². The summed E-state index contributed by atoms with van der Waals surface area (Å²) in [5, 5.41) is 13.9. The second-order valence-electron chi connectivity index (χ2n) is 7.06. The molecule has 1 aromatic carbocycles. The Morgan fingerprint density at radius 3 is 2.55 bits per heavy atom. The Kier molecular flexibility index (Phi) is 9.55. The van der Waals surface area contributed by atoms with E-state index in [4.69, 9.17) is 11.6 Å². The molecule has 33 heavy (non-hydrogen) atoms. The topological polar surface area (TPSA) is 136 Å². The Balaban J connectivity index is 0.00000385. The number of carboxylic acids is 1. The molecule has 1 fully saturated rings. The number of rotatable bonds is 9. The quantitative estimate of drug-likeness (QED) is 0.376. The zero-order valence-corrected chi connectivity index (χ0v) is 20.5. The number of halogens is 1. The average Bonchev–Trinajstić information content (AvgIpc) is 3.38. The molecule has 0 aliphatic carbocycles. The van der Waals surface area contributed by atoms with E-state index in [0.717, 1.165) is 11.3 Å². The minimum Gasteiger partial charge on any atom is -0.548 e. The smallest absolute Gasteiger partial charge is 0.548 e. The van der Waals surface area contributed by atoms with E-state index < -0.39 is 34.5 Å². The number of aliphatic carboxylic acids is 1. The molecule has 2 amide bonds. The van der Waals surface area contributed by atoms with E-state index in [0.29, 0.717) is 41.4 Å². The molecule has 0 unspecified atom stereocenters. The third kappa shape index (κ3) is 6.38. The molecule has 2 aromatic rings. The first-order valence-electron chi connectivity index (χ1n) is 9.83. The summed E-state index contributed by atoms with van der Waals surface area (Å²) in [5.74, 6) is -2.37. The summed E-state index contributed by atoms with van der Waals surface area (Å²) < 4.78 is 28.6. The van der Waals surface area contributed by atoms with Crippen molar-refractivity contribution in [3.8, 4) is 0 Å². The monoisotopic (exact) mass is 505 g/mol. The predicted octanol–water partition coefficient (Wildman–Crippen LogP) is -2.08. The van der Waals surface area contributed by atoms with E-state index in [1.54, 1.807) is 17.9 Å². The van der Waals surface area contributed by atoms with Gasteiger partial charge in [0, 0.05) is 25.2 Å². The van der Waals surface area contributed by atoms with Crippen molar-refractivity contribution >= 4 is 56.4 Å². The zero-order valence-electron chi connectivity index (χ0n) is 18.1. The summed E-state index contributed by atoms with van der Waals surface area (Å²) >= 11 is 6.79. The number of carbonyl (C=O) groups is 3. The molecule has 0 radical (unpaired) electrons. The maximum atomic E-state index is 13.1. The molecular formula is C20H21ClLiN3O6S2. The molecule has 9 nitrogen and oxygen atoms in total. The van der Waals surface area contributed by atoms with Gasteiger partial charge in [-0.15, -0.1) is 11.3 Å². The van der Waals surface area contributed by atoms with Crippen LogP contribution in [0.4, 0.5) is 5.69 Å². The van der Waals surface area contributed by atoms with Crippen LogP contribution in [0.5, 0.6) is 0 Å². The molecule has 0 spiro atoms. The number of amides is 2. The largest absolute Gasteiger partial charge is 1.00 e. The molecule has 0 saturated carbocycles. The molecule has 1 atom stereocenters. The van der Waals surface area contributed by atoms with Crippen LogP contribution in [0.1, 0.15) is 35.0 Å². The van der Waals surface area contributed by atoms with Crippen LogP contribution in [0.25, 0.3) is 0 Å². The SMILES string of the molecule is CCc1c(N2CCCC2=O)cccc1S(=O)(=O)N[C@@H](CNC(=O)c1ccc(Cl)s1)C(=O)[O-].[Li+]. The first-order valence-corrected chi connectivity index (χ1v) is 12.5. The van der Waals surface area contributed by atoms with Gasteiger partial charge in [0.05, 0.1) is 26.1 Å². The Bertz CT molecular complexity index is 1150. The normalized spacial score (nSPS) is 14.6. The summed E-state index contributed by atoms with van der Waals surface area (Å²) in [5.41, 5.74) is 0.898. The number of hydrogen-bond acceptors (Lipinski definition) is 7.